The zero-order valence-electron chi connectivity index (χ0n) is 17.2. The smallest absolute Gasteiger partial charge is 0.302 e. The second-order valence-corrected chi connectivity index (χ2v) is 10.6. The molecule has 4 aliphatic carbocycles. The van der Waals surface area contributed by atoms with Gasteiger partial charge in [-0.05, 0) is 86.4 Å². The maximum absolute atomic E-state index is 11.7. The summed E-state index contributed by atoms with van der Waals surface area (Å²) < 4.78 is 5.75. The van der Waals surface area contributed by atoms with Gasteiger partial charge < -0.3 is 9.84 Å². The molecule has 0 aliphatic heterocycles. The highest BCUT2D eigenvalue weighted by Crippen LogP contribution is 2.68. The lowest BCUT2D eigenvalue weighted by molar-refractivity contribution is -0.152. The highest BCUT2D eigenvalue weighted by molar-refractivity contribution is 5.66. The molecular formula is C23H38O3. The standard InChI is InChI=1S/C23H38O3/c1-14(24)21-20(26-15(2)25)13-19-17-9-8-16-7-5-6-11-22(16,3)18(17)10-12-23(19,21)4/h14,16-21,24H,5-13H2,1-4H3/t14-,16+,17-,18-,19-,20-,21+,22+,23+/m1/s1. The van der Waals surface area contributed by atoms with E-state index in [9.17, 15) is 9.90 Å². The van der Waals surface area contributed by atoms with E-state index >= 15 is 0 Å². The molecule has 0 bridgehead atoms. The van der Waals surface area contributed by atoms with Crippen molar-refractivity contribution in [1.29, 1.82) is 0 Å². The molecule has 4 aliphatic rings. The summed E-state index contributed by atoms with van der Waals surface area (Å²) in [4.78, 5) is 11.7. The fourth-order valence-corrected chi connectivity index (χ4v) is 8.52. The van der Waals surface area contributed by atoms with Crippen LogP contribution in [0.25, 0.3) is 0 Å². The van der Waals surface area contributed by atoms with Crippen LogP contribution in [0.5, 0.6) is 0 Å². The van der Waals surface area contributed by atoms with Crippen LogP contribution in [0.15, 0.2) is 0 Å². The number of hydrogen-bond acceptors (Lipinski definition) is 3. The fourth-order valence-electron chi connectivity index (χ4n) is 8.52. The van der Waals surface area contributed by atoms with E-state index in [0.29, 0.717) is 11.3 Å². The molecule has 0 aromatic rings. The normalized spacial score (nSPS) is 51.7. The average molecular weight is 363 g/mol. The molecule has 0 heterocycles. The number of fused-ring (bicyclic) bond motifs is 5. The Morgan fingerprint density at radius 2 is 1.81 bits per heavy atom. The third-order valence-electron chi connectivity index (χ3n) is 9.51. The Morgan fingerprint density at radius 1 is 1.04 bits per heavy atom. The van der Waals surface area contributed by atoms with Gasteiger partial charge in [0.1, 0.15) is 6.10 Å². The summed E-state index contributed by atoms with van der Waals surface area (Å²) in [5, 5.41) is 10.6. The molecule has 3 heteroatoms. The molecule has 148 valence electrons. The molecule has 9 atom stereocenters. The Labute approximate surface area is 159 Å². The highest BCUT2D eigenvalue weighted by atomic mass is 16.5. The number of ether oxygens (including phenoxy) is 1. The summed E-state index contributed by atoms with van der Waals surface area (Å²) in [6.45, 7) is 8.41. The van der Waals surface area contributed by atoms with Crippen LogP contribution >= 0.6 is 0 Å². The van der Waals surface area contributed by atoms with Gasteiger partial charge in [0, 0.05) is 12.8 Å². The van der Waals surface area contributed by atoms with E-state index in [1.807, 2.05) is 6.92 Å². The number of carbonyl (C=O) groups excluding carboxylic acids is 1. The number of hydrogen-bond donors (Lipinski definition) is 1. The maximum atomic E-state index is 11.7. The first-order chi connectivity index (χ1) is 12.3. The molecule has 4 saturated carbocycles. The van der Waals surface area contributed by atoms with Gasteiger partial charge in [-0.15, -0.1) is 0 Å². The van der Waals surface area contributed by atoms with Crippen LogP contribution in [0.4, 0.5) is 0 Å². The summed E-state index contributed by atoms with van der Waals surface area (Å²) in [6.07, 6.45) is 11.4. The highest BCUT2D eigenvalue weighted by Gasteiger charge is 2.63. The van der Waals surface area contributed by atoms with Crippen molar-refractivity contribution in [3.63, 3.8) is 0 Å². The molecule has 0 unspecified atom stereocenters. The Hall–Kier alpha value is -0.570. The van der Waals surface area contributed by atoms with Crippen LogP contribution < -0.4 is 0 Å². The van der Waals surface area contributed by atoms with Gasteiger partial charge in [-0.3, -0.25) is 4.79 Å². The first-order valence-electron chi connectivity index (χ1n) is 11.1. The van der Waals surface area contributed by atoms with Gasteiger partial charge in [0.2, 0.25) is 0 Å². The average Bonchev–Trinajstić information content (AvgIpc) is 2.85. The van der Waals surface area contributed by atoms with Crippen LogP contribution in [-0.2, 0) is 9.53 Å². The molecule has 0 radical (unpaired) electrons. The summed E-state index contributed by atoms with van der Waals surface area (Å²) in [5.74, 6) is 3.03. The van der Waals surface area contributed by atoms with Gasteiger partial charge in [0.15, 0.2) is 0 Å². The zero-order valence-corrected chi connectivity index (χ0v) is 17.2. The van der Waals surface area contributed by atoms with Crippen molar-refractivity contribution in [3.8, 4) is 0 Å². The van der Waals surface area contributed by atoms with Gasteiger partial charge in [0.05, 0.1) is 6.10 Å². The summed E-state index contributed by atoms with van der Waals surface area (Å²) in [5.41, 5.74) is 0.648. The lowest BCUT2D eigenvalue weighted by atomic mass is 9.45. The van der Waals surface area contributed by atoms with E-state index in [1.165, 1.54) is 58.3 Å². The van der Waals surface area contributed by atoms with Crippen molar-refractivity contribution in [2.75, 3.05) is 0 Å². The van der Waals surface area contributed by atoms with Gasteiger partial charge in [0.25, 0.3) is 0 Å². The van der Waals surface area contributed by atoms with E-state index in [0.717, 1.165) is 24.2 Å². The lowest BCUT2D eigenvalue weighted by Gasteiger charge is -2.60. The van der Waals surface area contributed by atoms with Crippen molar-refractivity contribution in [3.05, 3.63) is 0 Å². The molecule has 0 aromatic heterocycles. The maximum Gasteiger partial charge on any atom is 0.302 e. The van der Waals surface area contributed by atoms with E-state index < -0.39 is 6.10 Å². The molecule has 0 aromatic carbocycles. The quantitative estimate of drug-likeness (QED) is 0.706. The van der Waals surface area contributed by atoms with Crippen molar-refractivity contribution >= 4 is 5.97 Å². The monoisotopic (exact) mass is 362 g/mol. The first kappa shape index (κ1) is 18.8. The van der Waals surface area contributed by atoms with Crippen molar-refractivity contribution < 1.29 is 14.6 Å². The fraction of sp³-hybridized carbons (Fsp3) is 0.957. The molecule has 26 heavy (non-hydrogen) atoms. The SMILES string of the molecule is CC(=O)O[C@@H]1C[C@@H]2[C@@H]3CC[C@@H]4CCCC[C@]4(C)[C@@H]3CC[C@]2(C)[C@H]1[C@@H](C)O. The Bertz CT molecular complexity index is 558. The predicted octanol–water partition coefficient (Wildman–Crippen LogP) is 4.96. The number of rotatable bonds is 2. The summed E-state index contributed by atoms with van der Waals surface area (Å²) in [6, 6.07) is 0. The van der Waals surface area contributed by atoms with Crippen molar-refractivity contribution in [2.45, 2.75) is 97.7 Å². The largest absolute Gasteiger partial charge is 0.462 e. The van der Waals surface area contributed by atoms with Crippen LogP contribution in [-0.4, -0.2) is 23.3 Å². The predicted molar refractivity (Wildman–Crippen MR) is 102 cm³/mol. The topological polar surface area (TPSA) is 46.5 Å². The van der Waals surface area contributed by atoms with Crippen LogP contribution in [0, 0.1) is 40.4 Å². The van der Waals surface area contributed by atoms with E-state index in [4.69, 9.17) is 4.74 Å². The first-order valence-corrected chi connectivity index (χ1v) is 11.1. The van der Waals surface area contributed by atoms with E-state index in [1.54, 1.807) is 0 Å². The van der Waals surface area contributed by atoms with Crippen molar-refractivity contribution in [2.24, 2.45) is 40.4 Å². The molecule has 1 N–H and O–H groups in total. The number of carbonyl (C=O) groups is 1. The van der Waals surface area contributed by atoms with Gasteiger partial charge in [-0.1, -0.05) is 26.7 Å². The molecule has 3 nitrogen and oxygen atoms in total. The zero-order chi connectivity index (χ0) is 18.7. The van der Waals surface area contributed by atoms with Crippen molar-refractivity contribution in [1.82, 2.24) is 0 Å². The molecule has 4 rings (SSSR count). The Morgan fingerprint density at radius 3 is 2.50 bits per heavy atom. The second-order valence-electron chi connectivity index (χ2n) is 10.6. The van der Waals surface area contributed by atoms with Gasteiger partial charge in [-0.25, -0.2) is 0 Å². The molecule has 0 spiro atoms. The minimum absolute atomic E-state index is 0.0919. The molecule has 0 amide bonds. The van der Waals surface area contributed by atoms with Crippen LogP contribution in [0.1, 0.15) is 85.5 Å². The summed E-state index contributed by atoms with van der Waals surface area (Å²) in [7, 11) is 0. The van der Waals surface area contributed by atoms with E-state index in [-0.39, 0.29) is 23.4 Å². The number of aliphatic hydroxyl groups is 1. The third-order valence-corrected chi connectivity index (χ3v) is 9.51. The van der Waals surface area contributed by atoms with Crippen LogP contribution in [0.3, 0.4) is 0 Å². The lowest BCUT2D eigenvalue weighted by Crippen LogP contribution is -2.53. The second kappa shape index (κ2) is 6.50. The number of esters is 1. The van der Waals surface area contributed by atoms with E-state index in [2.05, 4.69) is 13.8 Å². The van der Waals surface area contributed by atoms with Crippen LogP contribution in [0.2, 0.25) is 0 Å². The molecule has 4 fully saturated rings. The number of aliphatic hydroxyl groups excluding tert-OH is 1. The Kier molecular flexibility index (Phi) is 4.69. The summed E-state index contributed by atoms with van der Waals surface area (Å²) >= 11 is 0. The van der Waals surface area contributed by atoms with Gasteiger partial charge in [-0.2, -0.15) is 0 Å². The minimum atomic E-state index is -0.410. The molecular weight excluding hydrogens is 324 g/mol. The van der Waals surface area contributed by atoms with Gasteiger partial charge >= 0.3 is 5.97 Å². The Balaban J connectivity index is 1.64. The third kappa shape index (κ3) is 2.67. The minimum Gasteiger partial charge on any atom is -0.462 e. The molecule has 0 saturated heterocycles.